The first kappa shape index (κ1) is 65.5. The maximum absolute atomic E-state index is 12.9. The minimum atomic E-state index is -4.61. The molecule has 0 bridgehead atoms. The van der Waals surface area contributed by atoms with Gasteiger partial charge in [0.05, 0.1) is 39.9 Å². The molecule has 0 aromatic rings. The van der Waals surface area contributed by atoms with Gasteiger partial charge in [-0.15, -0.1) is 0 Å². The van der Waals surface area contributed by atoms with Crippen molar-refractivity contribution in [3.8, 4) is 0 Å². The van der Waals surface area contributed by atoms with Gasteiger partial charge in [-0.05, 0) is 70.6 Å². The minimum Gasteiger partial charge on any atom is -0.756 e. The summed E-state index contributed by atoms with van der Waals surface area (Å²) in [4.78, 5) is 25.4. The predicted molar refractivity (Wildman–Crippen MR) is 288 cm³/mol. The van der Waals surface area contributed by atoms with E-state index in [2.05, 4.69) is 55.6 Å². The number of quaternary nitrogens is 1. The first-order valence-electron chi connectivity index (χ1n) is 28.5. The molecule has 0 aliphatic heterocycles. The number of carbonyl (C=O) groups excluding carboxylic acids is 1. The number of rotatable bonds is 52. The number of aliphatic hydroxyl groups is 1. The highest BCUT2D eigenvalue weighted by atomic mass is 31.2. The summed E-state index contributed by atoms with van der Waals surface area (Å²) in [6, 6.07) is -0.913. The molecular weight excluding hydrogens is 852 g/mol. The lowest BCUT2D eigenvalue weighted by atomic mass is 10.0. The molecule has 0 aliphatic rings. The highest BCUT2D eigenvalue weighted by molar-refractivity contribution is 7.45. The summed E-state index contributed by atoms with van der Waals surface area (Å²) in [6.45, 7) is 4.63. The number of phosphoric ester groups is 1. The average Bonchev–Trinajstić information content (AvgIpc) is 3.29. The Bertz CT molecular complexity index is 1230. The molecule has 0 heterocycles. The Balaban J connectivity index is 4.27. The number of aliphatic hydroxyl groups excluding tert-OH is 1. The van der Waals surface area contributed by atoms with Crippen LogP contribution in [0.2, 0.25) is 0 Å². The van der Waals surface area contributed by atoms with Gasteiger partial charge in [0.1, 0.15) is 13.2 Å². The van der Waals surface area contributed by atoms with Gasteiger partial charge in [-0.25, -0.2) is 0 Å². The van der Waals surface area contributed by atoms with Crippen molar-refractivity contribution in [1.29, 1.82) is 0 Å². The molecule has 0 rings (SSSR count). The van der Waals surface area contributed by atoms with Crippen molar-refractivity contribution in [1.82, 2.24) is 5.32 Å². The van der Waals surface area contributed by atoms with Gasteiger partial charge in [-0.2, -0.15) is 0 Å². The number of carbonyl (C=O) groups is 1. The van der Waals surface area contributed by atoms with Gasteiger partial charge >= 0.3 is 0 Å². The van der Waals surface area contributed by atoms with Crippen LogP contribution in [0.1, 0.15) is 264 Å². The standard InChI is InChI=1S/C58H111N2O6P/c1-6-8-10-12-14-16-18-20-22-24-25-26-27-28-29-30-31-32-33-34-36-37-39-41-43-45-47-49-51-57(61)56(55-66-67(63,64)65-54-53-60(3,4)5)59-58(62)52-50-48-46-44-42-40-38-35-23-21-19-17-15-13-11-9-7-2/h21,23,34,36,41,43,49,51,56-57,61H,6-20,22,24-33,35,37-40,42,44-48,50,52-55H2,1-5H3,(H-,59,62,63,64)/b23-21-,36-34+,43-41+,51-49+. The van der Waals surface area contributed by atoms with Gasteiger partial charge < -0.3 is 28.8 Å². The lowest BCUT2D eigenvalue weighted by Crippen LogP contribution is -2.45. The van der Waals surface area contributed by atoms with Crippen LogP contribution in [-0.2, 0) is 18.4 Å². The van der Waals surface area contributed by atoms with Crippen LogP contribution in [0.15, 0.2) is 48.6 Å². The van der Waals surface area contributed by atoms with E-state index in [1.807, 2.05) is 27.2 Å². The zero-order valence-electron chi connectivity index (χ0n) is 44.9. The van der Waals surface area contributed by atoms with Crippen LogP contribution in [0.4, 0.5) is 0 Å². The molecule has 0 radical (unpaired) electrons. The quantitative estimate of drug-likeness (QED) is 0.0272. The topological polar surface area (TPSA) is 108 Å². The maximum atomic E-state index is 12.9. The molecule has 3 unspecified atom stereocenters. The van der Waals surface area contributed by atoms with Crippen LogP contribution in [0.3, 0.4) is 0 Å². The Hall–Kier alpha value is -1.54. The van der Waals surface area contributed by atoms with E-state index in [0.29, 0.717) is 17.4 Å². The second-order valence-corrected chi connectivity index (χ2v) is 22.0. The zero-order chi connectivity index (χ0) is 49.2. The third kappa shape index (κ3) is 52.1. The summed E-state index contributed by atoms with van der Waals surface area (Å²) >= 11 is 0. The van der Waals surface area contributed by atoms with Gasteiger partial charge in [0.15, 0.2) is 0 Å². The van der Waals surface area contributed by atoms with E-state index in [0.717, 1.165) is 44.9 Å². The summed E-state index contributed by atoms with van der Waals surface area (Å²) in [5, 5.41) is 13.8. The van der Waals surface area contributed by atoms with Crippen molar-refractivity contribution < 1.29 is 32.9 Å². The molecule has 0 aromatic carbocycles. The zero-order valence-corrected chi connectivity index (χ0v) is 45.7. The van der Waals surface area contributed by atoms with E-state index >= 15 is 0 Å². The Labute approximate surface area is 416 Å². The molecule has 3 atom stereocenters. The van der Waals surface area contributed by atoms with Crippen LogP contribution in [0.25, 0.3) is 0 Å². The molecule has 67 heavy (non-hydrogen) atoms. The monoisotopic (exact) mass is 963 g/mol. The van der Waals surface area contributed by atoms with Gasteiger partial charge in [-0.3, -0.25) is 9.36 Å². The van der Waals surface area contributed by atoms with Crippen molar-refractivity contribution in [2.75, 3.05) is 40.9 Å². The van der Waals surface area contributed by atoms with Crippen LogP contribution >= 0.6 is 7.82 Å². The molecule has 0 aliphatic carbocycles. The van der Waals surface area contributed by atoms with Crippen LogP contribution in [0.5, 0.6) is 0 Å². The molecule has 0 fully saturated rings. The Morgan fingerprint density at radius 2 is 0.836 bits per heavy atom. The second-order valence-electron chi connectivity index (χ2n) is 20.6. The number of amides is 1. The normalized spacial score (nSPS) is 14.3. The fraction of sp³-hybridized carbons (Fsp3) is 0.845. The molecule has 0 saturated heterocycles. The van der Waals surface area contributed by atoms with Crippen molar-refractivity contribution >= 4 is 13.7 Å². The van der Waals surface area contributed by atoms with Crippen LogP contribution in [0, 0.1) is 0 Å². The number of nitrogens with zero attached hydrogens (tertiary/aromatic N) is 1. The van der Waals surface area contributed by atoms with E-state index in [4.69, 9.17) is 9.05 Å². The summed E-state index contributed by atoms with van der Waals surface area (Å²) in [7, 11) is 1.23. The minimum absolute atomic E-state index is 0.0104. The van der Waals surface area contributed by atoms with E-state index in [1.165, 1.54) is 199 Å². The lowest BCUT2D eigenvalue weighted by molar-refractivity contribution is -0.870. The maximum Gasteiger partial charge on any atom is 0.268 e. The fourth-order valence-electron chi connectivity index (χ4n) is 8.24. The van der Waals surface area contributed by atoms with Gasteiger partial charge in [0.25, 0.3) is 7.82 Å². The lowest BCUT2D eigenvalue weighted by Gasteiger charge is -2.29. The van der Waals surface area contributed by atoms with Gasteiger partial charge in [-0.1, -0.05) is 236 Å². The molecule has 9 heteroatoms. The summed E-state index contributed by atoms with van der Waals surface area (Å²) in [5.41, 5.74) is 0. The van der Waals surface area contributed by atoms with Crippen LogP contribution in [-0.4, -0.2) is 68.5 Å². The molecule has 0 saturated carbocycles. The molecule has 1 amide bonds. The Morgan fingerprint density at radius 3 is 1.21 bits per heavy atom. The van der Waals surface area contributed by atoms with Gasteiger partial charge in [0.2, 0.25) is 5.91 Å². The second kappa shape index (κ2) is 49.4. The molecular formula is C58H111N2O6P. The number of unbranched alkanes of at least 4 members (excludes halogenated alkanes) is 33. The molecule has 2 N–H and O–H groups in total. The number of likely N-dealkylation sites (N-methyl/N-ethyl adjacent to an activating group) is 1. The summed E-state index contributed by atoms with van der Waals surface area (Å²) in [6.07, 6.45) is 64.8. The highest BCUT2D eigenvalue weighted by Crippen LogP contribution is 2.38. The Morgan fingerprint density at radius 1 is 0.507 bits per heavy atom. The predicted octanol–water partition coefficient (Wildman–Crippen LogP) is 16.5. The number of allylic oxidation sites excluding steroid dienone is 7. The molecule has 0 aromatic heterocycles. The number of nitrogens with one attached hydrogen (secondary N) is 1. The molecule has 394 valence electrons. The SMILES string of the molecule is CCCCCCCC/C=C\CCCCCCCCCC(=O)NC(COP(=O)([O-])OCC[N+](C)(C)C)C(O)/C=C/CC/C=C/CC/C=C/CCCCCCCCCCCCCCCCCCCC. The van der Waals surface area contributed by atoms with E-state index in [1.54, 1.807) is 6.08 Å². The molecule has 8 nitrogen and oxygen atoms in total. The first-order chi connectivity index (χ1) is 32.5. The molecule has 0 spiro atoms. The van der Waals surface area contributed by atoms with E-state index in [-0.39, 0.29) is 12.5 Å². The van der Waals surface area contributed by atoms with Crippen molar-refractivity contribution in [3.05, 3.63) is 48.6 Å². The van der Waals surface area contributed by atoms with Crippen molar-refractivity contribution in [2.24, 2.45) is 0 Å². The number of phosphoric acid groups is 1. The van der Waals surface area contributed by atoms with Crippen molar-refractivity contribution in [3.63, 3.8) is 0 Å². The van der Waals surface area contributed by atoms with Gasteiger partial charge in [0, 0.05) is 6.42 Å². The average molecular weight is 964 g/mol. The fourth-order valence-corrected chi connectivity index (χ4v) is 8.96. The van der Waals surface area contributed by atoms with E-state index in [9.17, 15) is 19.4 Å². The summed E-state index contributed by atoms with van der Waals surface area (Å²) < 4.78 is 23.3. The summed E-state index contributed by atoms with van der Waals surface area (Å²) in [5.74, 6) is -0.215. The van der Waals surface area contributed by atoms with Crippen LogP contribution < -0.4 is 10.2 Å². The first-order valence-corrected chi connectivity index (χ1v) is 30.0. The Kier molecular flexibility index (Phi) is 48.3. The smallest absolute Gasteiger partial charge is 0.268 e. The third-order valence-electron chi connectivity index (χ3n) is 12.7. The largest absolute Gasteiger partial charge is 0.756 e. The number of hydrogen-bond acceptors (Lipinski definition) is 6. The van der Waals surface area contributed by atoms with Crippen molar-refractivity contribution in [2.45, 2.75) is 276 Å². The number of hydrogen-bond donors (Lipinski definition) is 2. The van der Waals surface area contributed by atoms with E-state index < -0.39 is 26.6 Å². The highest BCUT2D eigenvalue weighted by Gasteiger charge is 2.23. The third-order valence-corrected chi connectivity index (χ3v) is 13.7.